The minimum absolute atomic E-state index is 0.113. The summed E-state index contributed by atoms with van der Waals surface area (Å²) < 4.78 is 5.49. The van der Waals surface area contributed by atoms with Crippen LogP contribution >= 0.6 is 0 Å². The van der Waals surface area contributed by atoms with Gasteiger partial charge in [0, 0.05) is 18.5 Å². The van der Waals surface area contributed by atoms with Crippen molar-refractivity contribution in [2.24, 2.45) is 11.3 Å². The van der Waals surface area contributed by atoms with Crippen molar-refractivity contribution in [1.82, 2.24) is 4.90 Å². The Morgan fingerprint density at radius 1 is 1.08 bits per heavy atom. The topological polar surface area (TPSA) is 29.5 Å². The van der Waals surface area contributed by atoms with E-state index in [1.54, 1.807) is 0 Å². The van der Waals surface area contributed by atoms with Crippen LogP contribution in [0.25, 0.3) is 0 Å². The normalized spacial score (nSPS) is 32.3. The van der Waals surface area contributed by atoms with Crippen molar-refractivity contribution < 1.29 is 9.53 Å². The second-order valence-corrected chi connectivity index (χ2v) is 10.4. The molecule has 4 aliphatic rings. The standard InChI is InChI=1S/C20H34BNO2/c1-19(2,3)24-18(23)22-13-20(14-22)10-15(11-20)12-21-16-6-4-7-17(21)9-5-8-16/h15-17H,4-14H2,1-3H3. The third-order valence-corrected chi connectivity index (χ3v) is 7.26. The molecular weight excluding hydrogens is 297 g/mol. The molecule has 1 amide bonds. The number of amides is 1. The van der Waals surface area contributed by atoms with Crippen LogP contribution in [0.5, 0.6) is 0 Å². The third-order valence-electron chi connectivity index (χ3n) is 7.26. The molecule has 24 heavy (non-hydrogen) atoms. The van der Waals surface area contributed by atoms with E-state index in [1.807, 2.05) is 25.7 Å². The Kier molecular flexibility index (Phi) is 4.16. The highest BCUT2D eigenvalue weighted by Crippen LogP contribution is 2.57. The third kappa shape index (κ3) is 3.22. The van der Waals surface area contributed by atoms with Crippen LogP contribution in [0.2, 0.25) is 18.0 Å². The van der Waals surface area contributed by atoms with Crippen LogP contribution in [0.15, 0.2) is 0 Å². The van der Waals surface area contributed by atoms with Gasteiger partial charge in [-0.05, 0) is 39.5 Å². The molecule has 4 rings (SSSR count). The zero-order chi connectivity index (χ0) is 16.9. The molecule has 1 aliphatic carbocycles. The lowest BCUT2D eigenvalue weighted by molar-refractivity contribution is -0.0912. The fourth-order valence-corrected chi connectivity index (χ4v) is 6.39. The van der Waals surface area contributed by atoms with Gasteiger partial charge in [-0.25, -0.2) is 4.79 Å². The van der Waals surface area contributed by atoms with Crippen LogP contribution in [0, 0.1) is 11.3 Å². The number of rotatable bonds is 2. The SMILES string of the molecule is CC(C)(C)OC(=O)N1CC2(CC(CB3C4CCCC3CCC4)C2)C1. The summed E-state index contributed by atoms with van der Waals surface area (Å²) in [6.07, 6.45) is 13.1. The number of hydrogen-bond acceptors (Lipinski definition) is 2. The largest absolute Gasteiger partial charge is 0.444 e. The summed E-state index contributed by atoms with van der Waals surface area (Å²) in [5.74, 6) is 3.04. The quantitative estimate of drug-likeness (QED) is 0.648. The Labute approximate surface area is 148 Å². The van der Waals surface area contributed by atoms with Crippen LogP contribution in [0.3, 0.4) is 0 Å². The maximum atomic E-state index is 12.1. The van der Waals surface area contributed by atoms with E-state index in [2.05, 4.69) is 0 Å². The minimum atomic E-state index is -0.374. The first-order valence-electron chi connectivity index (χ1n) is 10.3. The first-order valence-corrected chi connectivity index (χ1v) is 10.3. The van der Waals surface area contributed by atoms with Crippen molar-refractivity contribution in [3.05, 3.63) is 0 Å². The van der Waals surface area contributed by atoms with E-state index in [9.17, 15) is 4.79 Å². The Bertz CT molecular complexity index is 464. The second kappa shape index (κ2) is 5.95. The predicted molar refractivity (Wildman–Crippen MR) is 98.7 cm³/mol. The van der Waals surface area contributed by atoms with Crippen LogP contribution in [-0.2, 0) is 4.74 Å². The second-order valence-electron chi connectivity index (χ2n) is 10.4. The van der Waals surface area contributed by atoms with Crippen molar-refractivity contribution in [3.63, 3.8) is 0 Å². The van der Waals surface area contributed by atoms with Gasteiger partial charge in [-0.2, -0.15) is 0 Å². The van der Waals surface area contributed by atoms with Crippen LogP contribution in [0.1, 0.15) is 72.1 Å². The van der Waals surface area contributed by atoms with Gasteiger partial charge < -0.3 is 9.64 Å². The summed E-state index contributed by atoms with van der Waals surface area (Å²) in [4.78, 5) is 14.0. The lowest BCUT2D eigenvalue weighted by Crippen LogP contribution is -2.64. The molecule has 0 N–H and O–H groups in total. The van der Waals surface area contributed by atoms with Gasteiger partial charge in [0.25, 0.3) is 0 Å². The van der Waals surface area contributed by atoms with Gasteiger partial charge in [0.15, 0.2) is 0 Å². The van der Waals surface area contributed by atoms with E-state index in [0.29, 0.717) is 5.41 Å². The van der Waals surface area contributed by atoms with Crippen molar-refractivity contribution >= 4 is 12.8 Å². The fraction of sp³-hybridized carbons (Fsp3) is 0.950. The smallest absolute Gasteiger partial charge is 0.410 e. The van der Waals surface area contributed by atoms with E-state index in [0.717, 1.165) is 37.4 Å². The number of carbonyl (C=O) groups excluding carboxylic acids is 1. The Balaban J connectivity index is 1.23. The molecule has 0 radical (unpaired) electrons. The average molecular weight is 331 g/mol. The number of hydrogen-bond donors (Lipinski definition) is 0. The zero-order valence-electron chi connectivity index (χ0n) is 15.9. The average Bonchev–Trinajstić information content (AvgIpc) is 2.37. The van der Waals surface area contributed by atoms with Gasteiger partial charge in [-0.15, -0.1) is 0 Å². The summed E-state index contributed by atoms with van der Waals surface area (Å²) in [5.41, 5.74) is 0.0894. The van der Waals surface area contributed by atoms with E-state index >= 15 is 0 Å². The number of likely N-dealkylation sites (tertiary alicyclic amines) is 1. The van der Waals surface area contributed by atoms with Gasteiger partial charge in [-0.1, -0.05) is 56.5 Å². The number of fused-ring (bicyclic) bond motifs is 2. The Morgan fingerprint density at radius 3 is 2.12 bits per heavy atom. The van der Waals surface area contributed by atoms with Gasteiger partial charge in [0.2, 0.25) is 0 Å². The lowest BCUT2D eigenvalue weighted by atomic mass is 9.24. The zero-order valence-corrected chi connectivity index (χ0v) is 15.9. The van der Waals surface area contributed by atoms with Crippen molar-refractivity contribution in [2.75, 3.05) is 13.1 Å². The summed E-state index contributed by atoms with van der Waals surface area (Å²) in [5, 5.41) is 0. The molecular formula is C20H34BNO2. The van der Waals surface area contributed by atoms with Gasteiger partial charge in [0.1, 0.15) is 12.3 Å². The van der Waals surface area contributed by atoms with Crippen LogP contribution in [-0.4, -0.2) is 36.4 Å². The first kappa shape index (κ1) is 16.8. The highest BCUT2D eigenvalue weighted by Gasteiger charge is 2.55. The minimum Gasteiger partial charge on any atom is -0.444 e. The number of ether oxygens (including phenoxy) is 1. The molecule has 3 saturated heterocycles. The molecule has 0 atom stereocenters. The molecule has 0 unspecified atom stereocenters. The maximum absolute atomic E-state index is 12.1. The molecule has 4 heteroatoms. The van der Waals surface area contributed by atoms with E-state index < -0.39 is 0 Å². The maximum Gasteiger partial charge on any atom is 0.410 e. The van der Waals surface area contributed by atoms with Crippen LogP contribution < -0.4 is 0 Å². The van der Waals surface area contributed by atoms with E-state index in [-0.39, 0.29) is 11.7 Å². The number of nitrogens with zero attached hydrogens (tertiary/aromatic N) is 1. The van der Waals surface area contributed by atoms with Gasteiger partial charge in [0.05, 0.1) is 0 Å². The molecule has 3 aliphatic heterocycles. The van der Waals surface area contributed by atoms with Crippen molar-refractivity contribution in [3.8, 4) is 0 Å². The molecule has 0 aromatic heterocycles. The molecule has 134 valence electrons. The summed E-state index contributed by atoms with van der Waals surface area (Å²) >= 11 is 0. The van der Waals surface area contributed by atoms with Gasteiger partial charge in [-0.3, -0.25) is 0 Å². The van der Waals surface area contributed by atoms with Crippen molar-refractivity contribution in [2.45, 2.75) is 95.7 Å². The highest BCUT2D eigenvalue weighted by atomic mass is 16.6. The summed E-state index contributed by atoms with van der Waals surface area (Å²) in [6.45, 7) is 8.76. The summed E-state index contributed by atoms with van der Waals surface area (Å²) in [6, 6.07) is 0. The van der Waals surface area contributed by atoms with E-state index in [4.69, 9.17) is 4.74 Å². The fourth-order valence-electron chi connectivity index (χ4n) is 6.39. The lowest BCUT2D eigenvalue weighted by Gasteiger charge is -2.59. The molecule has 4 fully saturated rings. The van der Waals surface area contributed by atoms with Crippen molar-refractivity contribution in [1.29, 1.82) is 0 Å². The molecule has 1 saturated carbocycles. The number of carbonyl (C=O) groups is 1. The molecule has 1 spiro atoms. The first-order chi connectivity index (χ1) is 11.3. The monoisotopic (exact) mass is 331 g/mol. The highest BCUT2D eigenvalue weighted by molar-refractivity contribution is 6.62. The van der Waals surface area contributed by atoms with E-state index in [1.165, 1.54) is 57.7 Å². The molecule has 0 aromatic carbocycles. The molecule has 3 nitrogen and oxygen atoms in total. The summed E-state index contributed by atoms with van der Waals surface area (Å²) in [7, 11) is 0. The molecule has 2 bridgehead atoms. The van der Waals surface area contributed by atoms with Gasteiger partial charge >= 0.3 is 6.09 Å². The Hall–Kier alpha value is -0.665. The molecule has 0 aromatic rings. The van der Waals surface area contributed by atoms with Crippen LogP contribution in [0.4, 0.5) is 4.79 Å². The predicted octanol–water partition coefficient (Wildman–Crippen LogP) is 5.24. The Morgan fingerprint density at radius 2 is 1.62 bits per heavy atom. The molecule has 3 heterocycles.